The monoisotopic (exact) mass is 399 g/mol. The van der Waals surface area contributed by atoms with Crippen LogP contribution in [-0.2, 0) is 13.0 Å². The Morgan fingerprint density at radius 3 is 2.60 bits per heavy atom. The fourth-order valence-corrected chi connectivity index (χ4v) is 3.68. The van der Waals surface area contributed by atoms with E-state index in [1.54, 1.807) is 36.2 Å². The van der Waals surface area contributed by atoms with Gasteiger partial charge in [-0.1, -0.05) is 30.3 Å². The van der Waals surface area contributed by atoms with Crippen molar-refractivity contribution in [1.29, 1.82) is 5.26 Å². The second-order valence-corrected chi connectivity index (χ2v) is 7.15. The average molecular weight is 399 g/mol. The Labute approximate surface area is 174 Å². The highest BCUT2D eigenvalue weighted by atomic mass is 16.2. The average Bonchev–Trinajstić information content (AvgIpc) is 3.19. The zero-order chi connectivity index (χ0) is 21.1. The number of nitriles is 1. The highest BCUT2D eigenvalue weighted by Gasteiger charge is 2.29. The molecule has 0 radical (unpaired) electrons. The van der Waals surface area contributed by atoms with Crippen molar-refractivity contribution in [2.24, 2.45) is 0 Å². The van der Waals surface area contributed by atoms with Gasteiger partial charge in [-0.25, -0.2) is 4.98 Å². The molecule has 0 aliphatic carbocycles. The molecule has 1 N–H and O–H groups in total. The smallest absolute Gasteiger partial charge is 0.291 e. The van der Waals surface area contributed by atoms with Crippen LogP contribution in [0.5, 0.6) is 0 Å². The van der Waals surface area contributed by atoms with E-state index in [2.05, 4.69) is 16.4 Å². The van der Waals surface area contributed by atoms with Gasteiger partial charge in [-0.3, -0.25) is 9.59 Å². The molecule has 7 nitrogen and oxygen atoms in total. The van der Waals surface area contributed by atoms with E-state index in [1.165, 1.54) is 0 Å². The Hall–Kier alpha value is -3.92. The Morgan fingerprint density at radius 2 is 1.83 bits per heavy atom. The fourth-order valence-electron chi connectivity index (χ4n) is 3.68. The number of carbonyl (C=O) groups is 2. The summed E-state index contributed by atoms with van der Waals surface area (Å²) in [6, 6.07) is 18.2. The third-order valence-corrected chi connectivity index (χ3v) is 5.27. The minimum atomic E-state index is -0.428. The maximum absolute atomic E-state index is 13.2. The normalized spacial score (nSPS) is 12.5. The molecule has 4 rings (SSSR count). The minimum Gasteiger partial charge on any atom is -0.323 e. The predicted octanol–water partition coefficient (Wildman–Crippen LogP) is 3.62. The number of carbonyl (C=O) groups excluding carboxylic acids is 2. The van der Waals surface area contributed by atoms with Crippen molar-refractivity contribution >= 4 is 23.2 Å². The number of benzene rings is 2. The van der Waals surface area contributed by atoms with Crippen LogP contribution in [-0.4, -0.2) is 28.4 Å². The van der Waals surface area contributed by atoms with E-state index >= 15 is 0 Å². The molecule has 2 heterocycles. The maximum atomic E-state index is 13.2. The second-order valence-electron chi connectivity index (χ2n) is 7.15. The Morgan fingerprint density at radius 1 is 1.10 bits per heavy atom. The molecular weight excluding hydrogens is 378 g/mol. The second kappa shape index (κ2) is 8.21. The lowest BCUT2D eigenvalue weighted by atomic mass is 10.1. The number of para-hydroxylation sites is 2. The molecule has 0 saturated heterocycles. The van der Waals surface area contributed by atoms with E-state index in [0.29, 0.717) is 29.9 Å². The molecule has 7 heteroatoms. The number of nitrogens with one attached hydrogen (secondary N) is 1. The maximum Gasteiger partial charge on any atom is 0.291 e. The Bertz CT molecular complexity index is 1140. The van der Waals surface area contributed by atoms with Crippen molar-refractivity contribution in [3.05, 3.63) is 77.4 Å². The van der Waals surface area contributed by atoms with E-state index in [-0.39, 0.29) is 11.7 Å². The number of hydrogen-bond donors (Lipinski definition) is 1. The largest absolute Gasteiger partial charge is 0.323 e. The van der Waals surface area contributed by atoms with Gasteiger partial charge in [-0.05, 0) is 43.5 Å². The molecule has 0 atom stereocenters. The topological polar surface area (TPSA) is 91.0 Å². The Balaban J connectivity index is 1.68. The third kappa shape index (κ3) is 3.55. The molecular formula is C23H21N5O2. The highest BCUT2D eigenvalue weighted by molar-refractivity contribution is 6.08. The van der Waals surface area contributed by atoms with Crippen molar-refractivity contribution in [2.45, 2.75) is 25.8 Å². The van der Waals surface area contributed by atoms with E-state index in [4.69, 9.17) is 0 Å². The standard InChI is InChI=1S/C23H21N5O2/c1-27(17-10-3-2-4-11-17)23(30)20-19-13-7-8-14-28(19)21(26-20)22(29)25-18-12-6-5-9-16(18)15-24/h2-6,9-12H,7-8,13-14H2,1H3,(H,25,29). The number of rotatable bonds is 4. The van der Waals surface area contributed by atoms with Crippen molar-refractivity contribution in [2.75, 3.05) is 17.3 Å². The third-order valence-electron chi connectivity index (χ3n) is 5.27. The summed E-state index contributed by atoms with van der Waals surface area (Å²) in [6.07, 6.45) is 2.55. The summed E-state index contributed by atoms with van der Waals surface area (Å²) < 4.78 is 1.83. The van der Waals surface area contributed by atoms with Crippen molar-refractivity contribution in [1.82, 2.24) is 9.55 Å². The first-order chi connectivity index (χ1) is 14.6. The van der Waals surface area contributed by atoms with Crippen LogP contribution in [0.15, 0.2) is 54.6 Å². The summed E-state index contributed by atoms with van der Waals surface area (Å²) in [5, 5.41) is 12.0. The van der Waals surface area contributed by atoms with Gasteiger partial charge < -0.3 is 14.8 Å². The van der Waals surface area contributed by atoms with Gasteiger partial charge in [0.25, 0.3) is 11.8 Å². The van der Waals surface area contributed by atoms with Crippen LogP contribution < -0.4 is 10.2 Å². The lowest BCUT2D eigenvalue weighted by molar-refractivity contribution is 0.0987. The van der Waals surface area contributed by atoms with Crippen LogP contribution in [0, 0.1) is 11.3 Å². The first-order valence-corrected chi connectivity index (χ1v) is 9.83. The Kier molecular flexibility index (Phi) is 5.31. The predicted molar refractivity (Wildman–Crippen MR) is 113 cm³/mol. The molecule has 30 heavy (non-hydrogen) atoms. The van der Waals surface area contributed by atoms with E-state index in [1.807, 2.05) is 34.9 Å². The summed E-state index contributed by atoms with van der Waals surface area (Å²) in [6.45, 7) is 0.632. The van der Waals surface area contributed by atoms with Crippen LogP contribution in [0.1, 0.15) is 45.2 Å². The fraction of sp³-hybridized carbons (Fsp3) is 0.217. The molecule has 0 unspecified atom stereocenters. The van der Waals surface area contributed by atoms with Crippen LogP contribution >= 0.6 is 0 Å². The number of anilines is 2. The van der Waals surface area contributed by atoms with Crippen LogP contribution in [0.2, 0.25) is 0 Å². The van der Waals surface area contributed by atoms with Gasteiger partial charge in [0.1, 0.15) is 6.07 Å². The van der Waals surface area contributed by atoms with Gasteiger partial charge >= 0.3 is 0 Å². The lowest BCUT2D eigenvalue weighted by Gasteiger charge is -2.19. The molecule has 1 aliphatic rings. The van der Waals surface area contributed by atoms with Gasteiger partial charge in [0, 0.05) is 19.3 Å². The van der Waals surface area contributed by atoms with Crippen LogP contribution in [0.3, 0.4) is 0 Å². The molecule has 2 amide bonds. The zero-order valence-corrected chi connectivity index (χ0v) is 16.6. The number of amides is 2. The minimum absolute atomic E-state index is 0.197. The lowest BCUT2D eigenvalue weighted by Crippen LogP contribution is -2.28. The summed E-state index contributed by atoms with van der Waals surface area (Å²) in [7, 11) is 1.70. The first kappa shape index (κ1) is 19.4. The molecule has 1 aliphatic heterocycles. The number of nitrogens with zero attached hydrogens (tertiary/aromatic N) is 4. The summed E-state index contributed by atoms with van der Waals surface area (Å²) in [4.78, 5) is 32.2. The summed E-state index contributed by atoms with van der Waals surface area (Å²) in [5.74, 6) is -0.479. The number of hydrogen-bond acceptors (Lipinski definition) is 4. The number of fused-ring (bicyclic) bond motifs is 1. The molecule has 1 aromatic heterocycles. The molecule has 3 aromatic rings. The molecule has 0 fully saturated rings. The highest BCUT2D eigenvalue weighted by Crippen LogP contribution is 2.25. The van der Waals surface area contributed by atoms with E-state index in [9.17, 15) is 14.9 Å². The number of aromatic nitrogens is 2. The quantitative estimate of drug-likeness (QED) is 0.725. The van der Waals surface area contributed by atoms with Gasteiger partial charge in [0.15, 0.2) is 11.5 Å². The van der Waals surface area contributed by atoms with Crippen LogP contribution in [0.25, 0.3) is 0 Å². The van der Waals surface area contributed by atoms with Gasteiger partial charge in [0.2, 0.25) is 0 Å². The van der Waals surface area contributed by atoms with Gasteiger partial charge in [0.05, 0.1) is 16.9 Å². The molecule has 150 valence electrons. The SMILES string of the molecule is CN(C(=O)c1nc(C(=O)Nc2ccccc2C#N)n2c1CCCC2)c1ccccc1. The summed E-state index contributed by atoms with van der Waals surface area (Å²) in [5.41, 5.74) is 2.64. The summed E-state index contributed by atoms with van der Waals surface area (Å²) >= 11 is 0. The van der Waals surface area contributed by atoms with Crippen LogP contribution in [0.4, 0.5) is 11.4 Å². The molecule has 2 aromatic carbocycles. The van der Waals surface area contributed by atoms with E-state index < -0.39 is 5.91 Å². The number of imidazole rings is 1. The first-order valence-electron chi connectivity index (χ1n) is 9.83. The van der Waals surface area contributed by atoms with E-state index in [0.717, 1.165) is 24.2 Å². The molecule has 0 bridgehead atoms. The zero-order valence-electron chi connectivity index (χ0n) is 16.6. The molecule has 0 saturated carbocycles. The van der Waals surface area contributed by atoms with Crippen molar-refractivity contribution in [3.63, 3.8) is 0 Å². The van der Waals surface area contributed by atoms with Gasteiger partial charge in [-0.2, -0.15) is 5.26 Å². The molecule has 0 spiro atoms. The van der Waals surface area contributed by atoms with Crippen molar-refractivity contribution in [3.8, 4) is 6.07 Å². The van der Waals surface area contributed by atoms with Crippen molar-refractivity contribution < 1.29 is 9.59 Å². The van der Waals surface area contributed by atoms with Gasteiger partial charge in [-0.15, -0.1) is 0 Å².